The maximum absolute atomic E-state index is 12.5. The zero-order valence-electron chi connectivity index (χ0n) is 14.1. The summed E-state index contributed by atoms with van der Waals surface area (Å²) in [5, 5.41) is 3.84. The lowest BCUT2D eigenvalue weighted by molar-refractivity contribution is -0.116. The molecule has 0 saturated carbocycles. The van der Waals surface area contributed by atoms with E-state index >= 15 is 0 Å². The number of hydrogen-bond acceptors (Lipinski definition) is 2. The third-order valence-corrected chi connectivity index (χ3v) is 4.10. The zero-order chi connectivity index (χ0) is 17.3. The van der Waals surface area contributed by atoms with E-state index in [1.165, 1.54) is 0 Å². The van der Waals surface area contributed by atoms with Crippen LogP contribution < -0.4 is 10.9 Å². The average molecular weight is 320 g/mol. The minimum Gasteiger partial charge on any atom is -0.325 e. The van der Waals surface area contributed by atoms with Crippen LogP contribution in [0.5, 0.6) is 0 Å². The lowest BCUT2D eigenvalue weighted by atomic mass is 10.0. The van der Waals surface area contributed by atoms with E-state index in [9.17, 15) is 9.59 Å². The molecule has 0 fully saturated rings. The summed E-state index contributed by atoms with van der Waals surface area (Å²) in [5.74, 6) is -0.214. The molecule has 1 aromatic heterocycles. The smallest absolute Gasteiger partial charge is 0.251 e. The highest BCUT2D eigenvalue weighted by Gasteiger charge is 2.12. The summed E-state index contributed by atoms with van der Waals surface area (Å²) in [7, 11) is 0. The van der Waals surface area contributed by atoms with Gasteiger partial charge in [-0.15, -0.1) is 0 Å². The number of amides is 1. The molecule has 0 atom stereocenters. The SMILES string of the molecule is Cc1cc(C)c2c(c1)c(C)cc(=O)n2CC(=O)Nc1ccccc1. The van der Waals surface area contributed by atoms with E-state index in [2.05, 4.69) is 11.4 Å². The van der Waals surface area contributed by atoms with Crippen molar-refractivity contribution >= 4 is 22.5 Å². The molecule has 0 aliphatic heterocycles. The maximum atomic E-state index is 12.5. The van der Waals surface area contributed by atoms with Crippen molar-refractivity contribution in [1.82, 2.24) is 4.57 Å². The number of aryl methyl sites for hydroxylation is 3. The quantitative estimate of drug-likeness (QED) is 0.802. The van der Waals surface area contributed by atoms with Gasteiger partial charge in [0.15, 0.2) is 0 Å². The van der Waals surface area contributed by atoms with Crippen LogP contribution in [0.2, 0.25) is 0 Å². The number of nitrogens with one attached hydrogen (secondary N) is 1. The van der Waals surface area contributed by atoms with Crippen LogP contribution in [0.1, 0.15) is 16.7 Å². The van der Waals surface area contributed by atoms with Crippen molar-refractivity contribution in [2.45, 2.75) is 27.3 Å². The van der Waals surface area contributed by atoms with Crippen LogP contribution in [-0.2, 0) is 11.3 Å². The van der Waals surface area contributed by atoms with Gasteiger partial charge in [0.05, 0.1) is 5.52 Å². The normalized spacial score (nSPS) is 10.8. The van der Waals surface area contributed by atoms with Crippen LogP contribution >= 0.6 is 0 Å². The molecule has 0 aliphatic rings. The molecule has 122 valence electrons. The predicted octanol–water partition coefficient (Wildman–Crippen LogP) is 3.57. The van der Waals surface area contributed by atoms with Gasteiger partial charge in [0.2, 0.25) is 5.91 Å². The zero-order valence-corrected chi connectivity index (χ0v) is 14.1. The predicted molar refractivity (Wildman–Crippen MR) is 97.5 cm³/mol. The van der Waals surface area contributed by atoms with Gasteiger partial charge in [-0.2, -0.15) is 0 Å². The van der Waals surface area contributed by atoms with Crippen molar-refractivity contribution in [1.29, 1.82) is 0 Å². The Morgan fingerprint density at radius 2 is 1.71 bits per heavy atom. The number of carbonyl (C=O) groups is 1. The Bertz CT molecular complexity index is 972. The van der Waals surface area contributed by atoms with Gasteiger partial charge in [0.25, 0.3) is 5.56 Å². The first-order chi connectivity index (χ1) is 11.5. The topological polar surface area (TPSA) is 51.1 Å². The molecule has 0 saturated heterocycles. The van der Waals surface area contributed by atoms with Gasteiger partial charge < -0.3 is 5.32 Å². The highest BCUT2D eigenvalue weighted by Crippen LogP contribution is 2.22. The van der Waals surface area contributed by atoms with Gasteiger partial charge >= 0.3 is 0 Å². The molecule has 0 aliphatic carbocycles. The van der Waals surface area contributed by atoms with Crippen molar-refractivity contribution in [3.63, 3.8) is 0 Å². The fourth-order valence-electron chi connectivity index (χ4n) is 3.09. The molecule has 1 amide bonds. The van der Waals surface area contributed by atoms with E-state index in [0.717, 1.165) is 33.3 Å². The second kappa shape index (κ2) is 6.32. The minimum absolute atomic E-state index is 0.00555. The van der Waals surface area contributed by atoms with Crippen LogP contribution in [0.3, 0.4) is 0 Å². The van der Waals surface area contributed by atoms with Gasteiger partial charge in [-0.1, -0.05) is 29.8 Å². The molecule has 0 bridgehead atoms. The van der Waals surface area contributed by atoms with Gasteiger partial charge in [-0.05, 0) is 50.1 Å². The summed E-state index contributed by atoms with van der Waals surface area (Å²) >= 11 is 0. The Balaban J connectivity index is 2.03. The Kier molecular flexibility index (Phi) is 4.21. The molecule has 4 nitrogen and oxygen atoms in total. The number of para-hydroxylation sites is 1. The Hall–Kier alpha value is -2.88. The number of hydrogen-bond donors (Lipinski definition) is 1. The molecule has 4 heteroatoms. The summed E-state index contributed by atoms with van der Waals surface area (Å²) in [6, 6.07) is 14.9. The summed E-state index contributed by atoms with van der Waals surface area (Å²) in [6.45, 7) is 5.93. The fraction of sp³-hybridized carbons (Fsp3) is 0.200. The molecule has 3 rings (SSSR count). The molecule has 0 unspecified atom stereocenters. The first-order valence-corrected chi connectivity index (χ1v) is 7.92. The van der Waals surface area contributed by atoms with E-state index in [1.807, 2.05) is 57.2 Å². The van der Waals surface area contributed by atoms with E-state index < -0.39 is 0 Å². The van der Waals surface area contributed by atoms with Crippen LogP contribution in [0, 0.1) is 20.8 Å². The number of aromatic nitrogens is 1. The number of carbonyl (C=O) groups excluding carboxylic acids is 1. The average Bonchev–Trinajstić information content (AvgIpc) is 2.52. The molecule has 1 N–H and O–H groups in total. The van der Waals surface area contributed by atoms with Crippen LogP contribution in [0.4, 0.5) is 5.69 Å². The number of anilines is 1. The number of fused-ring (bicyclic) bond motifs is 1. The standard InChI is InChI=1S/C20H20N2O2/c1-13-9-15(3)20-17(10-13)14(2)11-19(24)22(20)12-18(23)21-16-7-5-4-6-8-16/h4-11H,12H2,1-3H3,(H,21,23). The molecule has 0 spiro atoms. The third kappa shape index (κ3) is 3.08. The van der Waals surface area contributed by atoms with Crippen LogP contribution in [0.15, 0.2) is 53.3 Å². The van der Waals surface area contributed by atoms with Crippen molar-refractivity contribution < 1.29 is 4.79 Å². The van der Waals surface area contributed by atoms with Crippen LogP contribution in [-0.4, -0.2) is 10.5 Å². The summed E-state index contributed by atoms with van der Waals surface area (Å²) in [6.07, 6.45) is 0. The second-order valence-electron chi connectivity index (χ2n) is 6.14. The van der Waals surface area contributed by atoms with Gasteiger partial charge in [0, 0.05) is 17.1 Å². The molecule has 24 heavy (non-hydrogen) atoms. The Morgan fingerprint density at radius 1 is 1.00 bits per heavy atom. The summed E-state index contributed by atoms with van der Waals surface area (Å²) < 4.78 is 1.55. The molecular weight excluding hydrogens is 300 g/mol. The monoisotopic (exact) mass is 320 g/mol. The fourth-order valence-corrected chi connectivity index (χ4v) is 3.09. The van der Waals surface area contributed by atoms with E-state index in [0.29, 0.717) is 0 Å². The van der Waals surface area contributed by atoms with Gasteiger partial charge in [-0.25, -0.2) is 0 Å². The molecule has 2 aromatic carbocycles. The number of benzene rings is 2. The first kappa shape index (κ1) is 16.0. The molecule has 1 heterocycles. The van der Waals surface area contributed by atoms with E-state index in [4.69, 9.17) is 0 Å². The van der Waals surface area contributed by atoms with Crippen molar-refractivity contribution in [3.05, 3.63) is 75.6 Å². The first-order valence-electron chi connectivity index (χ1n) is 7.92. The number of pyridine rings is 1. The summed E-state index contributed by atoms with van der Waals surface area (Å²) in [4.78, 5) is 24.8. The highest BCUT2D eigenvalue weighted by atomic mass is 16.2. The van der Waals surface area contributed by atoms with E-state index in [1.54, 1.807) is 10.6 Å². The molecule has 3 aromatic rings. The largest absolute Gasteiger partial charge is 0.325 e. The second-order valence-corrected chi connectivity index (χ2v) is 6.14. The Morgan fingerprint density at radius 3 is 2.42 bits per heavy atom. The van der Waals surface area contributed by atoms with Crippen LogP contribution in [0.25, 0.3) is 10.9 Å². The van der Waals surface area contributed by atoms with E-state index in [-0.39, 0.29) is 18.0 Å². The van der Waals surface area contributed by atoms with Crippen molar-refractivity contribution in [2.75, 3.05) is 5.32 Å². The molecular formula is C20H20N2O2. The Labute approximate surface area is 140 Å². The van der Waals surface area contributed by atoms with Crippen molar-refractivity contribution in [3.8, 4) is 0 Å². The third-order valence-electron chi connectivity index (χ3n) is 4.10. The summed E-state index contributed by atoms with van der Waals surface area (Å²) in [5.41, 5.74) is 4.46. The van der Waals surface area contributed by atoms with Gasteiger partial charge in [0.1, 0.15) is 6.54 Å². The van der Waals surface area contributed by atoms with Gasteiger partial charge in [-0.3, -0.25) is 14.2 Å². The highest BCUT2D eigenvalue weighted by molar-refractivity contribution is 5.92. The lowest BCUT2D eigenvalue weighted by Gasteiger charge is -2.15. The van der Waals surface area contributed by atoms with Crippen molar-refractivity contribution in [2.24, 2.45) is 0 Å². The maximum Gasteiger partial charge on any atom is 0.251 e. The molecule has 0 radical (unpaired) electrons. The minimum atomic E-state index is -0.214. The lowest BCUT2D eigenvalue weighted by Crippen LogP contribution is -2.28. The number of rotatable bonds is 3. The number of nitrogens with zero attached hydrogens (tertiary/aromatic N) is 1.